The van der Waals surface area contributed by atoms with Crippen molar-refractivity contribution in [3.63, 3.8) is 0 Å². The predicted octanol–water partition coefficient (Wildman–Crippen LogP) is 2.35. The van der Waals surface area contributed by atoms with Gasteiger partial charge in [0, 0.05) is 6.04 Å². The second-order valence-corrected chi connectivity index (χ2v) is 4.68. The maximum atomic E-state index is 10.8. The summed E-state index contributed by atoms with van der Waals surface area (Å²) in [4.78, 5) is 10.8. The number of ether oxygens (including phenoxy) is 1. The SMILES string of the molecule is CNC(CC(=O)O)c1cccc(OC2CCC2)c1. The molecule has 4 heteroatoms. The number of hydrogen-bond donors (Lipinski definition) is 2. The molecule has 0 aliphatic heterocycles. The van der Waals surface area contributed by atoms with Crippen LogP contribution in [0.15, 0.2) is 24.3 Å². The summed E-state index contributed by atoms with van der Waals surface area (Å²) in [6.07, 6.45) is 3.89. The van der Waals surface area contributed by atoms with Gasteiger partial charge in [-0.3, -0.25) is 4.79 Å². The largest absolute Gasteiger partial charge is 0.490 e. The average Bonchev–Trinajstić information content (AvgIpc) is 2.31. The molecule has 0 amide bonds. The van der Waals surface area contributed by atoms with Gasteiger partial charge in [-0.25, -0.2) is 0 Å². The zero-order valence-electron chi connectivity index (χ0n) is 10.6. The minimum atomic E-state index is -0.806. The van der Waals surface area contributed by atoms with Crippen molar-refractivity contribution in [1.29, 1.82) is 0 Å². The third-order valence-corrected chi connectivity index (χ3v) is 3.34. The van der Waals surface area contributed by atoms with Crippen LogP contribution in [0, 0.1) is 0 Å². The highest BCUT2D eigenvalue weighted by molar-refractivity contribution is 5.68. The summed E-state index contributed by atoms with van der Waals surface area (Å²) in [5.41, 5.74) is 0.955. The van der Waals surface area contributed by atoms with Crippen molar-refractivity contribution in [3.8, 4) is 5.75 Å². The van der Waals surface area contributed by atoms with E-state index < -0.39 is 5.97 Å². The topological polar surface area (TPSA) is 58.6 Å². The number of benzene rings is 1. The second kappa shape index (κ2) is 5.87. The first-order valence-electron chi connectivity index (χ1n) is 6.34. The Balaban J connectivity index is 2.06. The molecule has 1 aliphatic carbocycles. The molecule has 0 radical (unpaired) electrons. The molecule has 0 saturated heterocycles. The predicted molar refractivity (Wildman–Crippen MR) is 68.8 cm³/mol. The van der Waals surface area contributed by atoms with Crippen LogP contribution in [-0.4, -0.2) is 24.2 Å². The van der Waals surface area contributed by atoms with Gasteiger partial charge in [0.1, 0.15) is 5.75 Å². The minimum absolute atomic E-state index is 0.0728. The molecular formula is C14H19NO3. The van der Waals surface area contributed by atoms with E-state index in [2.05, 4.69) is 5.32 Å². The third kappa shape index (κ3) is 3.23. The molecule has 2 N–H and O–H groups in total. The monoisotopic (exact) mass is 249 g/mol. The van der Waals surface area contributed by atoms with Crippen molar-refractivity contribution in [2.24, 2.45) is 0 Å². The first kappa shape index (κ1) is 12.9. The van der Waals surface area contributed by atoms with E-state index >= 15 is 0 Å². The zero-order chi connectivity index (χ0) is 13.0. The van der Waals surface area contributed by atoms with Gasteiger partial charge in [0.25, 0.3) is 0 Å². The van der Waals surface area contributed by atoms with Gasteiger partial charge >= 0.3 is 5.97 Å². The summed E-state index contributed by atoms with van der Waals surface area (Å²) < 4.78 is 5.82. The summed E-state index contributed by atoms with van der Waals surface area (Å²) in [5, 5.41) is 11.9. The van der Waals surface area contributed by atoms with E-state index in [0.29, 0.717) is 6.10 Å². The van der Waals surface area contributed by atoms with E-state index in [4.69, 9.17) is 9.84 Å². The van der Waals surface area contributed by atoms with Gasteiger partial charge in [-0.2, -0.15) is 0 Å². The Kier molecular flexibility index (Phi) is 4.20. The molecule has 1 aromatic carbocycles. The van der Waals surface area contributed by atoms with E-state index in [-0.39, 0.29) is 12.5 Å². The van der Waals surface area contributed by atoms with Gasteiger partial charge in [0.2, 0.25) is 0 Å². The smallest absolute Gasteiger partial charge is 0.305 e. The molecule has 18 heavy (non-hydrogen) atoms. The molecular weight excluding hydrogens is 230 g/mol. The molecule has 2 rings (SSSR count). The van der Waals surface area contributed by atoms with Crippen molar-refractivity contribution in [2.45, 2.75) is 37.8 Å². The molecule has 1 fully saturated rings. The van der Waals surface area contributed by atoms with Crippen molar-refractivity contribution in [2.75, 3.05) is 7.05 Å². The normalized spacial score (nSPS) is 16.9. The van der Waals surface area contributed by atoms with E-state index in [1.165, 1.54) is 6.42 Å². The second-order valence-electron chi connectivity index (χ2n) is 4.68. The number of carboxylic acid groups (broad SMARTS) is 1. The molecule has 1 saturated carbocycles. The zero-order valence-corrected chi connectivity index (χ0v) is 10.6. The molecule has 1 atom stereocenters. The maximum absolute atomic E-state index is 10.8. The van der Waals surface area contributed by atoms with Crippen molar-refractivity contribution < 1.29 is 14.6 Å². The molecule has 4 nitrogen and oxygen atoms in total. The molecule has 1 aromatic rings. The highest BCUT2D eigenvalue weighted by atomic mass is 16.5. The lowest BCUT2D eigenvalue weighted by atomic mass is 9.96. The Bertz CT molecular complexity index is 415. The van der Waals surface area contributed by atoms with E-state index in [1.54, 1.807) is 7.05 Å². The Hall–Kier alpha value is -1.55. The quantitative estimate of drug-likeness (QED) is 0.812. The Morgan fingerprint density at radius 2 is 2.33 bits per heavy atom. The fourth-order valence-corrected chi connectivity index (χ4v) is 2.05. The van der Waals surface area contributed by atoms with Crippen molar-refractivity contribution in [1.82, 2.24) is 5.32 Å². The van der Waals surface area contributed by atoms with Gasteiger partial charge in [-0.05, 0) is 44.0 Å². The van der Waals surface area contributed by atoms with Crippen molar-refractivity contribution >= 4 is 5.97 Å². The molecule has 0 heterocycles. The van der Waals surface area contributed by atoms with Gasteiger partial charge in [-0.1, -0.05) is 12.1 Å². The van der Waals surface area contributed by atoms with Crippen molar-refractivity contribution in [3.05, 3.63) is 29.8 Å². The number of carboxylic acids is 1. The lowest BCUT2D eigenvalue weighted by molar-refractivity contribution is -0.137. The lowest BCUT2D eigenvalue weighted by Gasteiger charge is -2.27. The molecule has 0 spiro atoms. The van der Waals surface area contributed by atoms with Crippen LogP contribution >= 0.6 is 0 Å². The Morgan fingerprint density at radius 3 is 2.89 bits per heavy atom. The third-order valence-electron chi connectivity index (χ3n) is 3.34. The van der Waals surface area contributed by atoms with Crippen LogP contribution in [0.5, 0.6) is 5.75 Å². The van der Waals surface area contributed by atoms with E-state index in [9.17, 15) is 4.79 Å². The molecule has 98 valence electrons. The van der Waals surface area contributed by atoms with Crippen LogP contribution in [0.3, 0.4) is 0 Å². The highest BCUT2D eigenvalue weighted by Crippen LogP contribution is 2.27. The molecule has 0 bridgehead atoms. The summed E-state index contributed by atoms with van der Waals surface area (Å²) in [5.74, 6) is 0.0301. The summed E-state index contributed by atoms with van der Waals surface area (Å²) in [7, 11) is 1.77. The van der Waals surface area contributed by atoms with Gasteiger partial charge in [0.15, 0.2) is 0 Å². The fraction of sp³-hybridized carbons (Fsp3) is 0.500. The Labute approximate surface area is 107 Å². The van der Waals surface area contributed by atoms with Crippen LogP contribution in [0.4, 0.5) is 0 Å². The van der Waals surface area contributed by atoms with Crippen LogP contribution < -0.4 is 10.1 Å². The standard InChI is InChI=1S/C14H19NO3/c1-15-13(9-14(16)17)10-4-2-7-12(8-10)18-11-5-3-6-11/h2,4,7-8,11,13,15H,3,5-6,9H2,1H3,(H,16,17). The Morgan fingerprint density at radius 1 is 1.56 bits per heavy atom. The number of rotatable bonds is 6. The lowest BCUT2D eigenvalue weighted by Crippen LogP contribution is -2.25. The first-order chi connectivity index (χ1) is 8.69. The van der Waals surface area contributed by atoms with E-state index in [1.807, 2.05) is 24.3 Å². The fourth-order valence-electron chi connectivity index (χ4n) is 2.05. The summed E-state index contributed by atoms with van der Waals surface area (Å²) >= 11 is 0. The van der Waals surface area contributed by atoms with Crippen LogP contribution in [0.25, 0.3) is 0 Å². The van der Waals surface area contributed by atoms with Gasteiger partial charge in [-0.15, -0.1) is 0 Å². The van der Waals surface area contributed by atoms with E-state index in [0.717, 1.165) is 24.2 Å². The van der Waals surface area contributed by atoms with Gasteiger partial charge < -0.3 is 15.2 Å². The number of hydrogen-bond acceptors (Lipinski definition) is 3. The van der Waals surface area contributed by atoms with Crippen LogP contribution in [0.2, 0.25) is 0 Å². The highest BCUT2D eigenvalue weighted by Gasteiger charge is 2.20. The maximum Gasteiger partial charge on any atom is 0.305 e. The minimum Gasteiger partial charge on any atom is -0.490 e. The average molecular weight is 249 g/mol. The van der Waals surface area contributed by atoms with Gasteiger partial charge in [0.05, 0.1) is 12.5 Å². The number of carbonyl (C=O) groups is 1. The number of aliphatic carboxylic acids is 1. The molecule has 0 aromatic heterocycles. The first-order valence-corrected chi connectivity index (χ1v) is 6.34. The summed E-state index contributed by atoms with van der Waals surface area (Å²) in [6.45, 7) is 0. The molecule has 1 unspecified atom stereocenters. The van der Waals surface area contributed by atoms with Crippen LogP contribution in [-0.2, 0) is 4.79 Å². The summed E-state index contributed by atoms with van der Waals surface area (Å²) in [6, 6.07) is 7.53. The molecule has 1 aliphatic rings. The number of nitrogens with one attached hydrogen (secondary N) is 1. The van der Waals surface area contributed by atoms with Crippen LogP contribution in [0.1, 0.15) is 37.3 Å².